The van der Waals surface area contributed by atoms with Crippen molar-refractivity contribution in [3.05, 3.63) is 40.0 Å². The van der Waals surface area contributed by atoms with Crippen LogP contribution in [0.4, 0.5) is 0 Å². The van der Waals surface area contributed by atoms with E-state index >= 15 is 0 Å². The van der Waals surface area contributed by atoms with Gasteiger partial charge in [0.25, 0.3) is 5.89 Å². The molecule has 0 amide bonds. The van der Waals surface area contributed by atoms with Crippen LogP contribution in [0.1, 0.15) is 29.1 Å². The number of aryl methyl sites for hydroxylation is 1. The van der Waals surface area contributed by atoms with Crippen LogP contribution in [0, 0.1) is 0 Å². The Morgan fingerprint density at radius 2 is 2.17 bits per heavy atom. The zero-order valence-corrected chi connectivity index (χ0v) is 11.3. The van der Waals surface area contributed by atoms with Gasteiger partial charge in [0, 0.05) is 16.5 Å². The van der Waals surface area contributed by atoms with E-state index in [2.05, 4.69) is 26.1 Å². The van der Waals surface area contributed by atoms with Crippen LogP contribution in [0.25, 0.3) is 0 Å². The van der Waals surface area contributed by atoms with Crippen LogP contribution in [0.15, 0.2) is 27.1 Å². The smallest absolute Gasteiger partial charge is 0.253 e. The fourth-order valence-electron chi connectivity index (χ4n) is 1.34. The van der Waals surface area contributed by atoms with Crippen LogP contribution in [0.2, 0.25) is 0 Å². The molecular weight excluding hydrogens is 300 g/mol. The minimum atomic E-state index is 0.187. The molecule has 1 aromatic carbocycles. The van der Waals surface area contributed by atoms with Crippen molar-refractivity contribution in [3.8, 4) is 5.75 Å². The summed E-state index contributed by atoms with van der Waals surface area (Å²) in [5.74, 6) is 1.58. The van der Waals surface area contributed by atoms with E-state index in [-0.39, 0.29) is 6.61 Å². The largest absolute Gasteiger partial charge is 0.484 e. The highest BCUT2D eigenvalue weighted by Gasteiger charge is 2.06. The Morgan fingerprint density at radius 1 is 1.39 bits per heavy atom. The number of benzene rings is 1. The van der Waals surface area contributed by atoms with Gasteiger partial charge in [0.15, 0.2) is 12.9 Å². The van der Waals surface area contributed by atoms with Crippen molar-refractivity contribution >= 4 is 22.2 Å². The summed E-state index contributed by atoms with van der Waals surface area (Å²) in [6, 6.07) is 5.16. The number of hydrogen-bond donors (Lipinski definition) is 0. The number of nitrogens with zero attached hydrogens (tertiary/aromatic N) is 2. The third-order valence-electron chi connectivity index (χ3n) is 2.27. The predicted octanol–water partition coefficient (Wildman–Crippen LogP) is 2.79. The summed E-state index contributed by atoms with van der Waals surface area (Å²) in [6.45, 7) is 2.12. The van der Waals surface area contributed by atoms with Gasteiger partial charge in [-0.3, -0.25) is 4.79 Å². The summed E-state index contributed by atoms with van der Waals surface area (Å²) < 4.78 is 11.5. The Bertz CT molecular complexity index is 554. The fraction of sp³-hybridized carbons (Fsp3) is 0.250. The first-order chi connectivity index (χ1) is 8.72. The fourth-order valence-corrected chi connectivity index (χ4v) is 1.68. The molecule has 0 aliphatic rings. The molecule has 0 saturated carbocycles. The molecule has 5 nitrogen and oxygen atoms in total. The first kappa shape index (κ1) is 12.8. The third-order valence-corrected chi connectivity index (χ3v) is 2.99. The van der Waals surface area contributed by atoms with E-state index in [0.717, 1.165) is 10.8 Å². The van der Waals surface area contributed by atoms with Gasteiger partial charge in [-0.2, -0.15) is 0 Å². The molecule has 94 valence electrons. The molecule has 6 heteroatoms. The molecule has 0 saturated heterocycles. The van der Waals surface area contributed by atoms with Gasteiger partial charge in [-0.25, -0.2) is 0 Å². The van der Waals surface area contributed by atoms with Crippen molar-refractivity contribution in [2.24, 2.45) is 0 Å². The summed E-state index contributed by atoms with van der Waals surface area (Å²) in [7, 11) is 0. The van der Waals surface area contributed by atoms with Gasteiger partial charge in [-0.1, -0.05) is 22.9 Å². The second kappa shape index (κ2) is 5.77. The zero-order chi connectivity index (χ0) is 13.0. The Morgan fingerprint density at radius 3 is 2.83 bits per heavy atom. The molecule has 1 aromatic heterocycles. The molecule has 0 unspecified atom stereocenters. The van der Waals surface area contributed by atoms with Gasteiger partial charge in [-0.15, -0.1) is 10.2 Å². The van der Waals surface area contributed by atoms with E-state index in [9.17, 15) is 4.79 Å². The van der Waals surface area contributed by atoms with E-state index in [0.29, 0.717) is 29.5 Å². The van der Waals surface area contributed by atoms with Crippen molar-refractivity contribution in [2.75, 3.05) is 0 Å². The Kier molecular flexibility index (Phi) is 4.09. The number of ether oxygens (including phenoxy) is 1. The monoisotopic (exact) mass is 310 g/mol. The summed E-state index contributed by atoms with van der Waals surface area (Å²) in [6.07, 6.45) is 1.46. The van der Waals surface area contributed by atoms with Gasteiger partial charge in [0.05, 0.1) is 0 Å². The SMILES string of the molecule is CCc1nnc(COc2ccc(Br)c(C=O)c2)o1. The normalized spacial score (nSPS) is 10.3. The van der Waals surface area contributed by atoms with Crippen LogP contribution in [0.5, 0.6) is 5.75 Å². The van der Waals surface area contributed by atoms with Gasteiger partial charge in [0.1, 0.15) is 5.75 Å². The minimum Gasteiger partial charge on any atom is -0.484 e. The minimum absolute atomic E-state index is 0.187. The summed E-state index contributed by atoms with van der Waals surface area (Å²) >= 11 is 3.27. The van der Waals surface area contributed by atoms with Crippen molar-refractivity contribution in [3.63, 3.8) is 0 Å². The Hall–Kier alpha value is -1.69. The predicted molar refractivity (Wildman–Crippen MR) is 67.5 cm³/mol. The van der Waals surface area contributed by atoms with Crippen LogP contribution in [-0.2, 0) is 13.0 Å². The van der Waals surface area contributed by atoms with E-state index in [4.69, 9.17) is 9.15 Å². The highest BCUT2D eigenvalue weighted by molar-refractivity contribution is 9.10. The molecule has 2 rings (SSSR count). The number of aromatic nitrogens is 2. The first-order valence-corrected chi connectivity index (χ1v) is 6.21. The highest BCUT2D eigenvalue weighted by atomic mass is 79.9. The molecule has 0 N–H and O–H groups in total. The van der Waals surface area contributed by atoms with Crippen LogP contribution >= 0.6 is 15.9 Å². The van der Waals surface area contributed by atoms with Gasteiger partial charge >= 0.3 is 0 Å². The number of carbonyl (C=O) groups is 1. The molecule has 0 aliphatic carbocycles. The summed E-state index contributed by atoms with van der Waals surface area (Å²) in [5.41, 5.74) is 0.535. The highest BCUT2D eigenvalue weighted by Crippen LogP contribution is 2.21. The summed E-state index contributed by atoms with van der Waals surface area (Å²) in [4.78, 5) is 10.8. The number of aldehydes is 1. The average Bonchev–Trinajstić information content (AvgIpc) is 2.86. The third kappa shape index (κ3) is 2.95. The van der Waals surface area contributed by atoms with Crippen molar-refractivity contribution in [1.82, 2.24) is 10.2 Å². The molecule has 0 spiro atoms. The summed E-state index contributed by atoms with van der Waals surface area (Å²) in [5, 5.41) is 7.68. The molecule has 0 aliphatic heterocycles. The average molecular weight is 311 g/mol. The van der Waals surface area contributed by atoms with Crippen molar-refractivity contribution < 1.29 is 13.9 Å². The zero-order valence-electron chi connectivity index (χ0n) is 9.72. The van der Waals surface area contributed by atoms with Gasteiger partial charge in [0.2, 0.25) is 5.89 Å². The lowest BCUT2D eigenvalue weighted by Crippen LogP contribution is -1.96. The van der Waals surface area contributed by atoms with E-state index < -0.39 is 0 Å². The molecule has 0 radical (unpaired) electrons. The van der Waals surface area contributed by atoms with Crippen molar-refractivity contribution in [2.45, 2.75) is 20.0 Å². The Balaban J connectivity index is 2.03. The van der Waals surface area contributed by atoms with E-state index in [1.807, 2.05) is 6.92 Å². The quantitative estimate of drug-likeness (QED) is 0.794. The van der Waals surface area contributed by atoms with Crippen LogP contribution in [0.3, 0.4) is 0 Å². The topological polar surface area (TPSA) is 65.2 Å². The van der Waals surface area contributed by atoms with Crippen LogP contribution in [-0.4, -0.2) is 16.5 Å². The second-order valence-corrected chi connectivity index (χ2v) is 4.39. The molecule has 1 heterocycles. The maximum atomic E-state index is 10.8. The molecule has 0 bridgehead atoms. The molecular formula is C12H11BrN2O3. The molecule has 18 heavy (non-hydrogen) atoms. The lowest BCUT2D eigenvalue weighted by Gasteiger charge is -2.04. The Labute approximate surface area is 112 Å². The molecule has 0 fully saturated rings. The number of hydrogen-bond acceptors (Lipinski definition) is 5. The maximum Gasteiger partial charge on any atom is 0.253 e. The van der Waals surface area contributed by atoms with E-state index in [1.54, 1.807) is 18.2 Å². The molecule has 2 aromatic rings. The van der Waals surface area contributed by atoms with Gasteiger partial charge in [-0.05, 0) is 18.2 Å². The maximum absolute atomic E-state index is 10.8. The van der Waals surface area contributed by atoms with E-state index in [1.165, 1.54) is 0 Å². The second-order valence-electron chi connectivity index (χ2n) is 3.53. The van der Waals surface area contributed by atoms with Crippen molar-refractivity contribution in [1.29, 1.82) is 0 Å². The number of rotatable bonds is 5. The first-order valence-electron chi connectivity index (χ1n) is 5.41. The lowest BCUT2D eigenvalue weighted by molar-refractivity contribution is 0.112. The van der Waals surface area contributed by atoms with Gasteiger partial charge < -0.3 is 9.15 Å². The molecule has 0 atom stereocenters. The number of carbonyl (C=O) groups excluding carboxylic acids is 1. The van der Waals surface area contributed by atoms with Crippen LogP contribution < -0.4 is 4.74 Å². The lowest BCUT2D eigenvalue weighted by atomic mass is 10.2. The standard InChI is InChI=1S/C12H11BrN2O3/c1-2-11-14-15-12(18-11)7-17-9-3-4-10(13)8(5-9)6-16/h3-6H,2,7H2,1H3. The number of halogens is 1.